The first kappa shape index (κ1) is 19.7. The number of hydrogen-bond acceptors (Lipinski definition) is 5. The van der Waals surface area contributed by atoms with E-state index in [0.29, 0.717) is 13.2 Å². The second kappa shape index (κ2) is 9.17. The van der Waals surface area contributed by atoms with Crippen molar-refractivity contribution in [2.75, 3.05) is 13.2 Å². The van der Waals surface area contributed by atoms with Gasteiger partial charge in [0.2, 0.25) is 0 Å². The van der Waals surface area contributed by atoms with E-state index in [4.69, 9.17) is 14.2 Å². The molecule has 140 valence electrons. The molecule has 1 aromatic carbocycles. The number of carbonyl (C=O) groups excluding carboxylic acids is 1. The van der Waals surface area contributed by atoms with E-state index in [0.717, 1.165) is 18.4 Å². The van der Waals surface area contributed by atoms with Crippen LogP contribution in [0.3, 0.4) is 0 Å². The highest BCUT2D eigenvalue weighted by atomic mass is 16.6. The molecular formula is C19H29NO5. The molecule has 2 rings (SSSR count). The van der Waals surface area contributed by atoms with Crippen LogP contribution in [0, 0.1) is 0 Å². The highest BCUT2D eigenvalue weighted by molar-refractivity contribution is 5.67. The van der Waals surface area contributed by atoms with Crippen molar-refractivity contribution in [3.8, 4) is 0 Å². The van der Waals surface area contributed by atoms with Gasteiger partial charge in [-0.1, -0.05) is 30.3 Å². The van der Waals surface area contributed by atoms with Gasteiger partial charge >= 0.3 is 6.09 Å². The molecule has 1 amide bonds. The SMILES string of the molecule is CC(C)(C)OC(=O)NC[C@@H]1CC[C@H](OCc2ccccc2)[C@@H](CO)O1. The van der Waals surface area contributed by atoms with E-state index in [1.54, 1.807) is 0 Å². The Labute approximate surface area is 149 Å². The topological polar surface area (TPSA) is 77.0 Å². The third-order valence-corrected chi connectivity index (χ3v) is 3.91. The number of carbonyl (C=O) groups is 1. The molecule has 1 aliphatic heterocycles. The molecule has 1 aromatic rings. The van der Waals surface area contributed by atoms with Crippen LogP contribution in [0.25, 0.3) is 0 Å². The van der Waals surface area contributed by atoms with E-state index < -0.39 is 11.7 Å². The van der Waals surface area contributed by atoms with Crippen molar-refractivity contribution in [2.24, 2.45) is 0 Å². The van der Waals surface area contributed by atoms with Gasteiger partial charge in [-0.05, 0) is 39.2 Å². The highest BCUT2D eigenvalue weighted by Crippen LogP contribution is 2.23. The summed E-state index contributed by atoms with van der Waals surface area (Å²) in [5, 5.41) is 12.3. The molecule has 1 saturated heterocycles. The molecule has 0 unspecified atom stereocenters. The summed E-state index contributed by atoms with van der Waals surface area (Å²) in [5.74, 6) is 0. The fourth-order valence-electron chi connectivity index (χ4n) is 2.73. The predicted molar refractivity (Wildman–Crippen MR) is 94.2 cm³/mol. The Morgan fingerprint density at radius 3 is 2.64 bits per heavy atom. The normalized spacial score (nSPS) is 23.9. The van der Waals surface area contributed by atoms with Gasteiger partial charge in [0.05, 0.1) is 25.4 Å². The summed E-state index contributed by atoms with van der Waals surface area (Å²) in [6.07, 6.45) is 0.385. The van der Waals surface area contributed by atoms with Gasteiger partial charge in [-0.25, -0.2) is 4.79 Å². The average molecular weight is 351 g/mol. The van der Waals surface area contributed by atoms with Gasteiger partial charge < -0.3 is 24.6 Å². The fourth-order valence-corrected chi connectivity index (χ4v) is 2.73. The first-order chi connectivity index (χ1) is 11.9. The van der Waals surface area contributed by atoms with Gasteiger partial charge in [-0.2, -0.15) is 0 Å². The second-order valence-electron chi connectivity index (χ2n) is 7.27. The van der Waals surface area contributed by atoms with Crippen LogP contribution >= 0.6 is 0 Å². The quantitative estimate of drug-likeness (QED) is 0.824. The summed E-state index contributed by atoms with van der Waals surface area (Å²) in [7, 11) is 0. The number of amides is 1. The van der Waals surface area contributed by atoms with Crippen molar-refractivity contribution < 1.29 is 24.1 Å². The molecule has 1 aliphatic rings. The molecule has 0 bridgehead atoms. The van der Waals surface area contributed by atoms with E-state index in [1.165, 1.54) is 0 Å². The van der Waals surface area contributed by atoms with Crippen molar-refractivity contribution in [3.63, 3.8) is 0 Å². The third-order valence-electron chi connectivity index (χ3n) is 3.91. The molecule has 2 N–H and O–H groups in total. The Morgan fingerprint density at radius 1 is 1.28 bits per heavy atom. The van der Waals surface area contributed by atoms with Crippen LogP contribution in [0.5, 0.6) is 0 Å². The van der Waals surface area contributed by atoms with Crippen molar-refractivity contribution in [2.45, 2.75) is 64.1 Å². The van der Waals surface area contributed by atoms with Gasteiger partial charge in [-0.15, -0.1) is 0 Å². The maximum atomic E-state index is 11.7. The first-order valence-electron chi connectivity index (χ1n) is 8.76. The largest absolute Gasteiger partial charge is 0.444 e. The fraction of sp³-hybridized carbons (Fsp3) is 0.632. The maximum Gasteiger partial charge on any atom is 0.407 e. The van der Waals surface area contributed by atoms with Crippen LogP contribution in [0.2, 0.25) is 0 Å². The van der Waals surface area contributed by atoms with E-state index in [9.17, 15) is 9.90 Å². The number of ether oxygens (including phenoxy) is 3. The highest BCUT2D eigenvalue weighted by Gasteiger charge is 2.32. The summed E-state index contributed by atoms with van der Waals surface area (Å²) in [5.41, 5.74) is 0.564. The van der Waals surface area contributed by atoms with Crippen molar-refractivity contribution in [1.82, 2.24) is 5.32 Å². The Balaban J connectivity index is 1.75. The molecule has 0 radical (unpaired) electrons. The van der Waals surface area contributed by atoms with Crippen molar-refractivity contribution >= 4 is 6.09 Å². The second-order valence-corrected chi connectivity index (χ2v) is 7.27. The summed E-state index contributed by atoms with van der Waals surface area (Å²) >= 11 is 0. The monoisotopic (exact) mass is 351 g/mol. The van der Waals surface area contributed by atoms with Crippen LogP contribution in [0.4, 0.5) is 4.79 Å². The minimum atomic E-state index is -0.526. The summed E-state index contributed by atoms with van der Waals surface area (Å²) in [4.78, 5) is 11.7. The number of hydrogen-bond donors (Lipinski definition) is 2. The predicted octanol–water partition coefficient (Wildman–Crippen LogP) is 2.64. The van der Waals surface area contributed by atoms with Crippen LogP contribution in [-0.4, -0.2) is 48.3 Å². The Hall–Kier alpha value is -1.63. The van der Waals surface area contributed by atoms with E-state index >= 15 is 0 Å². The Bertz CT molecular complexity index is 528. The molecule has 0 spiro atoms. The van der Waals surface area contributed by atoms with Gasteiger partial charge in [0.15, 0.2) is 0 Å². The van der Waals surface area contributed by atoms with Crippen LogP contribution in [-0.2, 0) is 20.8 Å². The molecule has 1 heterocycles. The molecule has 25 heavy (non-hydrogen) atoms. The molecule has 0 aliphatic carbocycles. The zero-order valence-electron chi connectivity index (χ0n) is 15.2. The van der Waals surface area contributed by atoms with Gasteiger partial charge in [0.1, 0.15) is 11.7 Å². The lowest BCUT2D eigenvalue weighted by molar-refractivity contribution is -0.155. The van der Waals surface area contributed by atoms with E-state index in [2.05, 4.69) is 5.32 Å². The lowest BCUT2D eigenvalue weighted by Gasteiger charge is -2.35. The standard InChI is InChI=1S/C19H29NO5/c1-19(2,3)25-18(22)20-11-15-9-10-16(17(12-21)24-15)23-13-14-7-5-4-6-8-14/h4-8,15-17,21H,9-13H2,1-3H3,(H,20,22)/t15-,16-,17+/m0/s1. The number of aliphatic hydroxyl groups is 1. The summed E-state index contributed by atoms with van der Waals surface area (Å²) in [6.45, 7) is 6.20. The third kappa shape index (κ3) is 7.02. The number of aliphatic hydroxyl groups excluding tert-OH is 1. The molecule has 3 atom stereocenters. The van der Waals surface area contributed by atoms with Crippen molar-refractivity contribution in [1.29, 1.82) is 0 Å². The van der Waals surface area contributed by atoms with Gasteiger partial charge in [-0.3, -0.25) is 0 Å². The number of alkyl carbamates (subject to hydrolysis) is 1. The van der Waals surface area contributed by atoms with Gasteiger partial charge in [0, 0.05) is 6.54 Å². The summed E-state index contributed by atoms with van der Waals surface area (Å²) < 4.78 is 17.0. The average Bonchev–Trinajstić information content (AvgIpc) is 2.58. The van der Waals surface area contributed by atoms with Crippen LogP contribution in [0.15, 0.2) is 30.3 Å². The Morgan fingerprint density at radius 2 is 2.00 bits per heavy atom. The molecule has 1 fully saturated rings. The number of nitrogens with one attached hydrogen (secondary N) is 1. The van der Waals surface area contributed by atoms with E-state index in [1.807, 2.05) is 51.1 Å². The minimum Gasteiger partial charge on any atom is -0.444 e. The molecular weight excluding hydrogens is 322 g/mol. The molecule has 6 nitrogen and oxygen atoms in total. The van der Waals surface area contributed by atoms with Gasteiger partial charge in [0.25, 0.3) is 0 Å². The molecule has 6 heteroatoms. The van der Waals surface area contributed by atoms with E-state index in [-0.39, 0.29) is 24.9 Å². The summed E-state index contributed by atoms with van der Waals surface area (Å²) in [6, 6.07) is 9.91. The van der Waals surface area contributed by atoms with Crippen molar-refractivity contribution in [3.05, 3.63) is 35.9 Å². The first-order valence-corrected chi connectivity index (χ1v) is 8.76. The zero-order chi connectivity index (χ0) is 18.3. The maximum absolute atomic E-state index is 11.7. The number of benzene rings is 1. The molecule has 0 saturated carbocycles. The number of rotatable bonds is 6. The lowest BCUT2D eigenvalue weighted by Crippen LogP contribution is -2.47. The zero-order valence-corrected chi connectivity index (χ0v) is 15.2. The van der Waals surface area contributed by atoms with Crippen LogP contribution < -0.4 is 5.32 Å². The minimum absolute atomic E-state index is 0.109. The molecule has 0 aromatic heterocycles. The lowest BCUT2D eigenvalue weighted by atomic mass is 10.0. The Kier molecular flexibility index (Phi) is 7.23. The smallest absolute Gasteiger partial charge is 0.407 e. The van der Waals surface area contributed by atoms with Crippen LogP contribution in [0.1, 0.15) is 39.2 Å².